The van der Waals surface area contributed by atoms with Crippen LogP contribution in [0.1, 0.15) is 10.4 Å². The second-order valence-electron chi connectivity index (χ2n) is 4.98. The van der Waals surface area contributed by atoms with E-state index in [1.54, 1.807) is 18.2 Å². The maximum absolute atomic E-state index is 12.6. The molecule has 2 heterocycles. The van der Waals surface area contributed by atoms with Crippen LogP contribution in [0.15, 0.2) is 18.2 Å². The van der Waals surface area contributed by atoms with E-state index in [1.807, 2.05) is 0 Å². The Balaban J connectivity index is 1.85. The van der Waals surface area contributed by atoms with Crippen LogP contribution in [0.5, 0.6) is 11.5 Å². The highest BCUT2D eigenvalue weighted by Gasteiger charge is 2.31. The monoisotopic (exact) mass is 291 g/mol. The molecule has 112 valence electrons. The molecule has 0 aliphatic carbocycles. The number of nitrogens with two attached hydrogens (primary N) is 1. The SMILES string of the molecule is NC(=O)C1CNCCN1C(=O)c1ccc2c(c1)OCCO2. The fourth-order valence-corrected chi connectivity index (χ4v) is 2.54. The normalized spacial score (nSPS) is 21.0. The first-order chi connectivity index (χ1) is 10.2. The molecule has 1 unspecified atom stereocenters. The number of carbonyl (C=O) groups excluding carboxylic acids is 2. The molecule has 0 saturated carbocycles. The third-order valence-electron chi connectivity index (χ3n) is 3.62. The average Bonchev–Trinajstić information content (AvgIpc) is 2.53. The molecule has 1 fully saturated rings. The van der Waals surface area contributed by atoms with Crippen LogP contribution < -0.4 is 20.5 Å². The third-order valence-corrected chi connectivity index (χ3v) is 3.62. The predicted octanol–water partition coefficient (Wildman–Crippen LogP) is -0.643. The molecule has 0 spiro atoms. The molecule has 3 rings (SSSR count). The van der Waals surface area contributed by atoms with E-state index in [0.29, 0.717) is 49.9 Å². The lowest BCUT2D eigenvalue weighted by atomic mass is 10.1. The van der Waals surface area contributed by atoms with Crippen molar-refractivity contribution in [3.63, 3.8) is 0 Å². The fourth-order valence-electron chi connectivity index (χ4n) is 2.54. The number of nitrogens with one attached hydrogen (secondary N) is 1. The molecular formula is C14H17N3O4. The Morgan fingerprint density at radius 2 is 2.00 bits per heavy atom. The molecule has 3 N–H and O–H groups in total. The molecule has 0 bridgehead atoms. The van der Waals surface area contributed by atoms with E-state index >= 15 is 0 Å². The lowest BCUT2D eigenvalue weighted by molar-refractivity contribution is -0.122. The maximum atomic E-state index is 12.6. The third kappa shape index (κ3) is 2.64. The van der Waals surface area contributed by atoms with Crippen LogP contribution in [-0.2, 0) is 4.79 Å². The average molecular weight is 291 g/mol. The zero-order chi connectivity index (χ0) is 14.8. The second kappa shape index (κ2) is 5.61. The van der Waals surface area contributed by atoms with Gasteiger partial charge < -0.3 is 25.4 Å². The van der Waals surface area contributed by atoms with Crippen molar-refractivity contribution in [1.29, 1.82) is 0 Å². The molecule has 1 atom stereocenters. The smallest absolute Gasteiger partial charge is 0.254 e. The summed E-state index contributed by atoms with van der Waals surface area (Å²) in [5.41, 5.74) is 5.83. The number of benzene rings is 1. The summed E-state index contributed by atoms with van der Waals surface area (Å²) in [7, 11) is 0. The minimum Gasteiger partial charge on any atom is -0.486 e. The van der Waals surface area contributed by atoms with E-state index in [0.717, 1.165) is 0 Å². The van der Waals surface area contributed by atoms with Crippen molar-refractivity contribution in [2.24, 2.45) is 5.73 Å². The largest absolute Gasteiger partial charge is 0.486 e. The predicted molar refractivity (Wildman–Crippen MR) is 74.3 cm³/mol. The minimum atomic E-state index is -0.626. The van der Waals surface area contributed by atoms with Gasteiger partial charge in [0, 0.05) is 25.2 Å². The highest BCUT2D eigenvalue weighted by molar-refractivity contribution is 5.98. The Labute approximate surface area is 122 Å². The van der Waals surface area contributed by atoms with Crippen LogP contribution in [0.3, 0.4) is 0 Å². The maximum Gasteiger partial charge on any atom is 0.254 e. The van der Waals surface area contributed by atoms with Crippen LogP contribution in [0.4, 0.5) is 0 Å². The number of rotatable bonds is 2. The molecular weight excluding hydrogens is 274 g/mol. The van der Waals surface area contributed by atoms with Gasteiger partial charge >= 0.3 is 0 Å². The van der Waals surface area contributed by atoms with Gasteiger partial charge in [-0.15, -0.1) is 0 Å². The van der Waals surface area contributed by atoms with Gasteiger partial charge in [0.1, 0.15) is 19.3 Å². The highest BCUT2D eigenvalue weighted by atomic mass is 16.6. The van der Waals surface area contributed by atoms with Crippen molar-refractivity contribution < 1.29 is 19.1 Å². The molecule has 7 nitrogen and oxygen atoms in total. The number of hydrogen-bond donors (Lipinski definition) is 2. The number of primary amides is 1. The summed E-state index contributed by atoms with van der Waals surface area (Å²) in [5, 5.41) is 3.06. The molecule has 1 aromatic rings. The molecule has 21 heavy (non-hydrogen) atoms. The Bertz CT molecular complexity index is 575. The van der Waals surface area contributed by atoms with Crippen molar-refractivity contribution >= 4 is 11.8 Å². The van der Waals surface area contributed by atoms with Crippen molar-refractivity contribution in [2.75, 3.05) is 32.8 Å². The van der Waals surface area contributed by atoms with Gasteiger partial charge in [0.05, 0.1) is 0 Å². The van der Waals surface area contributed by atoms with Crippen LogP contribution in [0.25, 0.3) is 0 Å². The topological polar surface area (TPSA) is 93.9 Å². The van der Waals surface area contributed by atoms with Gasteiger partial charge in [0.2, 0.25) is 5.91 Å². The first kappa shape index (κ1) is 13.7. The zero-order valence-electron chi connectivity index (χ0n) is 11.5. The number of hydrogen-bond acceptors (Lipinski definition) is 5. The lowest BCUT2D eigenvalue weighted by Crippen LogP contribution is -2.58. The molecule has 0 aromatic heterocycles. The van der Waals surface area contributed by atoms with Gasteiger partial charge in [-0.05, 0) is 18.2 Å². The Kier molecular flexibility index (Phi) is 3.66. The summed E-state index contributed by atoms with van der Waals surface area (Å²) in [6.45, 7) is 2.43. The van der Waals surface area contributed by atoms with Crippen molar-refractivity contribution in [1.82, 2.24) is 10.2 Å². The van der Waals surface area contributed by atoms with Crippen LogP contribution in [-0.4, -0.2) is 55.6 Å². The molecule has 2 aliphatic heterocycles. The van der Waals surface area contributed by atoms with Crippen molar-refractivity contribution in [3.05, 3.63) is 23.8 Å². The lowest BCUT2D eigenvalue weighted by Gasteiger charge is -2.34. The van der Waals surface area contributed by atoms with Crippen LogP contribution in [0, 0.1) is 0 Å². The Hall–Kier alpha value is -2.28. The Morgan fingerprint density at radius 3 is 2.76 bits per heavy atom. The standard InChI is InChI=1S/C14H17N3O4/c15-13(18)10-8-16-3-4-17(10)14(19)9-1-2-11-12(7-9)21-6-5-20-11/h1-2,7,10,16H,3-6,8H2,(H2,15,18). The first-order valence-electron chi connectivity index (χ1n) is 6.87. The van der Waals surface area contributed by atoms with E-state index < -0.39 is 11.9 Å². The number of fused-ring (bicyclic) bond motifs is 1. The minimum absolute atomic E-state index is 0.225. The van der Waals surface area contributed by atoms with Crippen molar-refractivity contribution in [2.45, 2.75) is 6.04 Å². The van der Waals surface area contributed by atoms with Gasteiger partial charge in [-0.25, -0.2) is 0 Å². The van der Waals surface area contributed by atoms with E-state index in [-0.39, 0.29) is 5.91 Å². The summed E-state index contributed by atoms with van der Waals surface area (Å²) in [5.74, 6) is 0.452. The summed E-state index contributed by atoms with van der Waals surface area (Å²) >= 11 is 0. The number of ether oxygens (including phenoxy) is 2. The van der Waals surface area contributed by atoms with E-state index in [4.69, 9.17) is 15.2 Å². The molecule has 7 heteroatoms. The summed E-state index contributed by atoms with van der Waals surface area (Å²) in [4.78, 5) is 25.6. The van der Waals surface area contributed by atoms with Crippen molar-refractivity contribution in [3.8, 4) is 11.5 Å². The number of amides is 2. The highest BCUT2D eigenvalue weighted by Crippen LogP contribution is 2.31. The second-order valence-corrected chi connectivity index (χ2v) is 4.98. The fraction of sp³-hybridized carbons (Fsp3) is 0.429. The first-order valence-corrected chi connectivity index (χ1v) is 6.87. The number of nitrogens with zero attached hydrogens (tertiary/aromatic N) is 1. The summed E-state index contributed by atoms with van der Waals surface area (Å²) in [6, 6.07) is 4.41. The summed E-state index contributed by atoms with van der Waals surface area (Å²) < 4.78 is 10.9. The van der Waals surface area contributed by atoms with Crippen LogP contribution in [0.2, 0.25) is 0 Å². The zero-order valence-corrected chi connectivity index (χ0v) is 11.5. The van der Waals surface area contributed by atoms with E-state index in [1.165, 1.54) is 4.90 Å². The number of piperazine rings is 1. The molecule has 0 radical (unpaired) electrons. The van der Waals surface area contributed by atoms with Gasteiger partial charge in [0.25, 0.3) is 5.91 Å². The number of carbonyl (C=O) groups is 2. The Morgan fingerprint density at radius 1 is 1.24 bits per heavy atom. The molecule has 2 amide bonds. The molecule has 1 aromatic carbocycles. The quantitative estimate of drug-likeness (QED) is 0.756. The van der Waals surface area contributed by atoms with E-state index in [2.05, 4.69) is 5.32 Å². The summed E-state index contributed by atoms with van der Waals surface area (Å²) in [6.07, 6.45) is 0. The van der Waals surface area contributed by atoms with Gasteiger partial charge in [0.15, 0.2) is 11.5 Å². The van der Waals surface area contributed by atoms with Crippen LogP contribution >= 0.6 is 0 Å². The molecule has 1 saturated heterocycles. The van der Waals surface area contributed by atoms with Gasteiger partial charge in [-0.1, -0.05) is 0 Å². The van der Waals surface area contributed by atoms with Gasteiger partial charge in [-0.2, -0.15) is 0 Å². The molecule has 2 aliphatic rings. The van der Waals surface area contributed by atoms with Gasteiger partial charge in [-0.3, -0.25) is 9.59 Å². The van der Waals surface area contributed by atoms with E-state index in [9.17, 15) is 9.59 Å².